The number of nitrogens with one attached hydrogen (secondary N) is 1. The number of unbranched alkanes of at least 4 members (excludes halogenated alkanes) is 1. The minimum atomic E-state index is -0.344. The van der Waals surface area contributed by atoms with E-state index >= 15 is 0 Å². The Bertz CT molecular complexity index is 744. The van der Waals surface area contributed by atoms with Crippen LogP contribution in [0.5, 0.6) is 0 Å². The first kappa shape index (κ1) is 19.4. The highest BCUT2D eigenvalue weighted by Gasteiger charge is 2.12. The second-order valence-corrected chi connectivity index (χ2v) is 5.97. The summed E-state index contributed by atoms with van der Waals surface area (Å²) >= 11 is 0. The number of nitrogens with zero attached hydrogens (tertiary/aromatic N) is 2. The number of anilines is 2. The van der Waals surface area contributed by atoms with Gasteiger partial charge in [-0.15, -0.1) is 0 Å². The lowest BCUT2D eigenvalue weighted by Crippen LogP contribution is -2.27. The van der Waals surface area contributed by atoms with Gasteiger partial charge in [0, 0.05) is 25.5 Å². The smallest absolute Gasteiger partial charge is 0.338 e. The van der Waals surface area contributed by atoms with Crippen LogP contribution in [0.15, 0.2) is 42.7 Å². The molecular formula is C20H25N3O3. The lowest BCUT2D eigenvalue weighted by Gasteiger charge is -2.17. The summed E-state index contributed by atoms with van der Waals surface area (Å²) in [5.41, 5.74) is 2.54. The third-order valence-corrected chi connectivity index (χ3v) is 3.86. The first-order chi connectivity index (χ1) is 12.5. The van der Waals surface area contributed by atoms with Gasteiger partial charge in [-0.05, 0) is 43.7 Å². The van der Waals surface area contributed by atoms with Crippen molar-refractivity contribution in [2.75, 3.05) is 25.5 Å². The fourth-order valence-corrected chi connectivity index (χ4v) is 2.41. The van der Waals surface area contributed by atoms with Gasteiger partial charge >= 0.3 is 5.97 Å². The standard InChI is InChI=1S/C20H25N3O3/c1-4-6-11-23(3)19(24)16-12-18(14-21-13-16)22-17-9-7-15(8-10-17)20(25)26-5-2/h7-10,12-14,22H,4-6,11H2,1-3H3. The van der Waals surface area contributed by atoms with Crippen molar-refractivity contribution in [2.24, 2.45) is 0 Å². The van der Waals surface area contributed by atoms with Crippen LogP contribution >= 0.6 is 0 Å². The predicted molar refractivity (Wildman–Crippen MR) is 102 cm³/mol. The summed E-state index contributed by atoms with van der Waals surface area (Å²) in [4.78, 5) is 30.0. The summed E-state index contributed by atoms with van der Waals surface area (Å²) in [6.07, 6.45) is 5.24. The third-order valence-electron chi connectivity index (χ3n) is 3.86. The highest BCUT2D eigenvalue weighted by Crippen LogP contribution is 2.18. The molecular weight excluding hydrogens is 330 g/mol. The van der Waals surface area contributed by atoms with Crippen LogP contribution in [0.4, 0.5) is 11.4 Å². The maximum absolute atomic E-state index is 12.4. The zero-order valence-electron chi connectivity index (χ0n) is 15.5. The van der Waals surface area contributed by atoms with Gasteiger partial charge in [-0.1, -0.05) is 13.3 Å². The van der Waals surface area contributed by atoms with Gasteiger partial charge in [-0.3, -0.25) is 9.78 Å². The van der Waals surface area contributed by atoms with E-state index < -0.39 is 0 Å². The zero-order valence-corrected chi connectivity index (χ0v) is 15.5. The fraction of sp³-hybridized carbons (Fsp3) is 0.350. The number of carbonyl (C=O) groups excluding carboxylic acids is 2. The number of esters is 1. The topological polar surface area (TPSA) is 71.5 Å². The maximum atomic E-state index is 12.4. The molecule has 0 bridgehead atoms. The number of hydrogen-bond acceptors (Lipinski definition) is 5. The molecule has 1 N–H and O–H groups in total. The van der Waals surface area contributed by atoms with Crippen molar-refractivity contribution in [3.63, 3.8) is 0 Å². The van der Waals surface area contributed by atoms with Crippen molar-refractivity contribution in [3.05, 3.63) is 53.9 Å². The molecule has 26 heavy (non-hydrogen) atoms. The molecule has 0 unspecified atom stereocenters. The number of rotatable bonds is 8. The molecule has 138 valence electrons. The van der Waals surface area contributed by atoms with E-state index in [1.165, 1.54) is 0 Å². The second-order valence-electron chi connectivity index (χ2n) is 5.97. The van der Waals surface area contributed by atoms with Crippen LogP contribution in [-0.4, -0.2) is 42.0 Å². The van der Waals surface area contributed by atoms with E-state index in [-0.39, 0.29) is 11.9 Å². The molecule has 0 saturated carbocycles. The Morgan fingerprint density at radius 2 is 1.81 bits per heavy atom. The van der Waals surface area contributed by atoms with Gasteiger partial charge in [0.05, 0.1) is 29.6 Å². The monoisotopic (exact) mass is 355 g/mol. The molecule has 0 aliphatic rings. The third kappa shape index (κ3) is 5.31. The Morgan fingerprint density at radius 1 is 1.08 bits per heavy atom. The minimum Gasteiger partial charge on any atom is -0.462 e. The van der Waals surface area contributed by atoms with Crippen LogP contribution in [0.3, 0.4) is 0 Å². The molecule has 0 fully saturated rings. The van der Waals surface area contributed by atoms with E-state index in [1.807, 2.05) is 0 Å². The molecule has 0 atom stereocenters. The lowest BCUT2D eigenvalue weighted by molar-refractivity contribution is 0.0526. The van der Waals surface area contributed by atoms with Crippen LogP contribution in [0, 0.1) is 0 Å². The van der Waals surface area contributed by atoms with Crippen molar-refractivity contribution in [2.45, 2.75) is 26.7 Å². The van der Waals surface area contributed by atoms with Crippen LogP contribution < -0.4 is 5.32 Å². The molecule has 6 nitrogen and oxygen atoms in total. The highest BCUT2D eigenvalue weighted by molar-refractivity contribution is 5.94. The molecule has 2 aromatic rings. The van der Waals surface area contributed by atoms with Gasteiger partial charge < -0.3 is 15.0 Å². The maximum Gasteiger partial charge on any atom is 0.338 e. The predicted octanol–water partition coefficient (Wildman–Crippen LogP) is 3.87. The highest BCUT2D eigenvalue weighted by atomic mass is 16.5. The zero-order chi connectivity index (χ0) is 18.9. The van der Waals surface area contributed by atoms with Crippen LogP contribution in [0.25, 0.3) is 0 Å². The normalized spacial score (nSPS) is 10.3. The van der Waals surface area contributed by atoms with E-state index in [1.54, 1.807) is 61.6 Å². The molecule has 1 aromatic carbocycles. The minimum absolute atomic E-state index is 0.0488. The molecule has 6 heteroatoms. The average Bonchev–Trinajstić information content (AvgIpc) is 2.66. The van der Waals surface area contributed by atoms with Crippen molar-refractivity contribution in [1.29, 1.82) is 0 Å². The van der Waals surface area contributed by atoms with Gasteiger partial charge in [-0.2, -0.15) is 0 Å². The SMILES string of the molecule is CCCCN(C)C(=O)c1cncc(Nc2ccc(C(=O)OCC)cc2)c1. The summed E-state index contributed by atoms with van der Waals surface area (Å²) in [6.45, 7) is 4.94. The van der Waals surface area contributed by atoms with Crippen LogP contribution in [0.2, 0.25) is 0 Å². The summed E-state index contributed by atoms with van der Waals surface area (Å²) in [5.74, 6) is -0.393. The molecule has 1 heterocycles. The van der Waals surface area contributed by atoms with Crippen LogP contribution in [0.1, 0.15) is 47.4 Å². The number of ether oxygens (including phenoxy) is 1. The van der Waals surface area contributed by atoms with Crippen molar-refractivity contribution in [1.82, 2.24) is 9.88 Å². The largest absolute Gasteiger partial charge is 0.462 e. The number of hydrogen-bond donors (Lipinski definition) is 1. The Hall–Kier alpha value is -2.89. The van der Waals surface area contributed by atoms with E-state index in [4.69, 9.17) is 4.74 Å². The fourth-order valence-electron chi connectivity index (χ4n) is 2.41. The van der Waals surface area contributed by atoms with Crippen molar-refractivity contribution in [3.8, 4) is 0 Å². The molecule has 0 aliphatic carbocycles. The van der Waals surface area contributed by atoms with E-state index in [2.05, 4.69) is 17.2 Å². The first-order valence-electron chi connectivity index (χ1n) is 8.79. The van der Waals surface area contributed by atoms with E-state index in [0.717, 1.165) is 25.1 Å². The number of benzene rings is 1. The Labute approximate surface area is 154 Å². The number of aromatic nitrogens is 1. The van der Waals surface area contributed by atoms with Gasteiger partial charge in [0.25, 0.3) is 5.91 Å². The molecule has 0 aliphatic heterocycles. The number of pyridine rings is 1. The summed E-state index contributed by atoms with van der Waals surface area (Å²) in [5, 5.41) is 3.19. The Morgan fingerprint density at radius 3 is 2.46 bits per heavy atom. The quantitative estimate of drug-likeness (QED) is 0.728. The molecule has 2 rings (SSSR count). The Balaban J connectivity index is 2.06. The van der Waals surface area contributed by atoms with Crippen molar-refractivity contribution < 1.29 is 14.3 Å². The Kier molecular flexibility index (Phi) is 7.14. The lowest BCUT2D eigenvalue weighted by atomic mass is 10.2. The summed E-state index contributed by atoms with van der Waals surface area (Å²) in [7, 11) is 1.80. The molecule has 0 spiro atoms. The second kappa shape index (κ2) is 9.56. The summed E-state index contributed by atoms with van der Waals surface area (Å²) in [6, 6.07) is 8.74. The van der Waals surface area contributed by atoms with Gasteiger partial charge in [0.15, 0.2) is 0 Å². The molecule has 1 aromatic heterocycles. The van der Waals surface area contributed by atoms with E-state index in [0.29, 0.717) is 23.4 Å². The van der Waals surface area contributed by atoms with Gasteiger partial charge in [0.2, 0.25) is 0 Å². The number of carbonyl (C=O) groups is 2. The molecule has 0 saturated heterocycles. The van der Waals surface area contributed by atoms with Gasteiger partial charge in [-0.25, -0.2) is 4.79 Å². The average molecular weight is 355 g/mol. The molecule has 1 amide bonds. The summed E-state index contributed by atoms with van der Waals surface area (Å²) < 4.78 is 4.97. The van der Waals surface area contributed by atoms with Gasteiger partial charge in [0.1, 0.15) is 0 Å². The van der Waals surface area contributed by atoms with Crippen molar-refractivity contribution >= 4 is 23.3 Å². The van der Waals surface area contributed by atoms with E-state index in [9.17, 15) is 9.59 Å². The first-order valence-corrected chi connectivity index (χ1v) is 8.79. The molecule has 0 radical (unpaired) electrons. The number of amides is 1. The van der Waals surface area contributed by atoms with Crippen LogP contribution in [-0.2, 0) is 4.74 Å².